The number of nitrogens with one attached hydrogen (secondary N) is 1. The average molecular weight is 365 g/mol. The van der Waals surface area contributed by atoms with Crippen molar-refractivity contribution >= 4 is 39.8 Å². The lowest BCUT2D eigenvalue weighted by Gasteiger charge is -2.13. The smallest absolute Gasteiger partial charge is 0.262 e. The summed E-state index contributed by atoms with van der Waals surface area (Å²) >= 11 is 7.27. The lowest BCUT2D eigenvalue weighted by atomic mass is 9.95. The minimum Gasteiger partial charge on any atom is -0.545 e. The van der Waals surface area contributed by atoms with Gasteiger partial charge in [0.15, 0.2) is 6.61 Å². The van der Waals surface area contributed by atoms with Crippen molar-refractivity contribution in [2.24, 2.45) is 0 Å². The summed E-state index contributed by atoms with van der Waals surface area (Å²) in [7, 11) is 0. The van der Waals surface area contributed by atoms with E-state index >= 15 is 0 Å². The molecule has 0 unspecified atom stereocenters. The second-order valence-electron chi connectivity index (χ2n) is 5.47. The molecule has 3 rings (SSSR count). The zero-order chi connectivity index (χ0) is 17.1. The number of amides is 1. The van der Waals surface area contributed by atoms with Crippen molar-refractivity contribution in [2.75, 3.05) is 11.9 Å². The summed E-state index contributed by atoms with van der Waals surface area (Å²) in [5, 5.41) is 14.8. The van der Waals surface area contributed by atoms with Crippen LogP contribution in [0.25, 0.3) is 0 Å². The Morgan fingerprint density at radius 2 is 2.00 bits per heavy atom. The Bertz CT molecular complexity index is 787. The van der Waals surface area contributed by atoms with Crippen LogP contribution in [0, 0.1) is 0 Å². The normalized spacial score (nSPS) is 13.2. The first-order valence-corrected chi connectivity index (χ1v) is 8.78. The van der Waals surface area contributed by atoms with Crippen molar-refractivity contribution in [1.82, 2.24) is 0 Å². The molecule has 0 spiro atoms. The zero-order valence-electron chi connectivity index (χ0n) is 12.8. The van der Waals surface area contributed by atoms with Crippen LogP contribution in [-0.4, -0.2) is 18.5 Å². The Morgan fingerprint density at radius 3 is 2.75 bits per heavy atom. The fourth-order valence-electron chi connectivity index (χ4n) is 2.74. The van der Waals surface area contributed by atoms with Gasteiger partial charge in [0.25, 0.3) is 5.91 Å². The maximum atomic E-state index is 12.1. The molecule has 5 nitrogen and oxygen atoms in total. The van der Waals surface area contributed by atoms with Crippen LogP contribution in [0.5, 0.6) is 5.75 Å². The van der Waals surface area contributed by atoms with Gasteiger partial charge in [-0.1, -0.05) is 23.7 Å². The molecule has 1 heterocycles. The summed E-state index contributed by atoms with van der Waals surface area (Å²) in [6, 6.07) is 6.83. The predicted molar refractivity (Wildman–Crippen MR) is 90.9 cm³/mol. The number of carbonyl (C=O) groups excluding carboxylic acids is 2. The first-order valence-electron chi connectivity index (χ1n) is 7.59. The molecule has 0 fully saturated rings. The molecule has 1 aromatic carbocycles. The second kappa shape index (κ2) is 7.23. The largest absolute Gasteiger partial charge is 0.545 e. The third-order valence-electron chi connectivity index (χ3n) is 3.82. The number of benzene rings is 1. The van der Waals surface area contributed by atoms with Gasteiger partial charge in [-0.2, -0.15) is 0 Å². The van der Waals surface area contributed by atoms with E-state index in [1.807, 2.05) is 0 Å². The number of carboxylic acid groups (broad SMARTS) is 1. The first kappa shape index (κ1) is 16.8. The Morgan fingerprint density at radius 1 is 1.25 bits per heavy atom. The van der Waals surface area contributed by atoms with Crippen LogP contribution in [0.15, 0.2) is 24.3 Å². The van der Waals surface area contributed by atoms with Crippen LogP contribution in [0.2, 0.25) is 5.02 Å². The Balaban J connectivity index is 1.71. The van der Waals surface area contributed by atoms with Crippen molar-refractivity contribution in [3.63, 3.8) is 0 Å². The molecule has 0 bridgehead atoms. The number of carbonyl (C=O) groups is 2. The summed E-state index contributed by atoms with van der Waals surface area (Å²) in [5.41, 5.74) is 0.911. The summed E-state index contributed by atoms with van der Waals surface area (Å²) in [6.45, 7) is -0.251. The topological polar surface area (TPSA) is 78.5 Å². The molecule has 0 saturated carbocycles. The van der Waals surface area contributed by atoms with Gasteiger partial charge in [0.2, 0.25) is 0 Å². The summed E-state index contributed by atoms with van der Waals surface area (Å²) in [5.74, 6) is -1.28. The van der Waals surface area contributed by atoms with E-state index < -0.39 is 11.9 Å². The van der Waals surface area contributed by atoms with E-state index in [4.69, 9.17) is 16.3 Å². The third-order valence-corrected chi connectivity index (χ3v) is 5.34. The van der Waals surface area contributed by atoms with Gasteiger partial charge < -0.3 is 20.0 Å². The number of aromatic carboxylic acids is 1. The summed E-state index contributed by atoms with van der Waals surface area (Å²) < 4.78 is 5.37. The second-order valence-corrected chi connectivity index (χ2v) is 6.98. The van der Waals surface area contributed by atoms with Gasteiger partial charge in [-0.3, -0.25) is 4.79 Å². The van der Waals surface area contributed by atoms with Gasteiger partial charge in [0.1, 0.15) is 10.8 Å². The Labute approximate surface area is 148 Å². The summed E-state index contributed by atoms with van der Waals surface area (Å²) in [6.07, 6.45) is 3.53. The number of rotatable bonds is 5. The van der Waals surface area contributed by atoms with E-state index in [1.54, 1.807) is 24.3 Å². The average Bonchev–Trinajstić information content (AvgIpc) is 2.92. The van der Waals surface area contributed by atoms with Gasteiger partial charge in [-0.15, -0.1) is 11.3 Å². The van der Waals surface area contributed by atoms with E-state index in [2.05, 4.69) is 5.32 Å². The molecule has 0 saturated heterocycles. The Kier molecular flexibility index (Phi) is 5.06. The Hall–Kier alpha value is -2.05. The number of thiophene rings is 1. The lowest BCUT2D eigenvalue weighted by molar-refractivity contribution is -0.254. The molecule has 1 aliphatic carbocycles. The zero-order valence-corrected chi connectivity index (χ0v) is 14.3. The van der Waals surface area contributed by atoms with Crippen LogP contribution >= 0.6 is 22.9 Å². The number of hydrogen-bond acceptors (Lipinski definition) is 5. The molecule has 0 radical (unpaired) electrons. The standard InChI is InChI=1S/C17H16ClNO4S/c18-11-6-2-3-7-12(11)23-9-14(20)19-16-15(17(21)22)10-5-1-4-8-13(10)24-16/h2-3,6-7H,1,4-5,8-9H2,(H,19,20)(H,21,22)/p-1. The van der Waals surface area contributed by atoms with Gasteiger partial charge in [0.05, 0.1) is 11.0 Å². The minimum atomic E-state index is -1.25. The number of para-hydroxylation sites is 1. The number of ether oxygens (including phenoxy) is 1. The van der Waals surface area contributed by atoms with Crippen LogP contribution < -0.4 is 15.2 Å². The monoisotopic (exact) mass is 364 g/mol. The number of anilines is 1. The van der Waals surface area contributed by atoms with E-state index in [-0.39, 0.29) is 12.2 Å². The van der Waals surface area contributed by atoms with E-state index in [1.165, 1.54) is 11.3 Å². The molecular weight excluding hydrogens is 350 g/mol. The molecule has 0 aliphatic heterocycles. The molecular formula is C17H15ClNO4S-. The highest BCUT2D eigenvalue weighted by molar-refractivity contribution is 7.17. The molecule has 1 aliphatic rings. The molecule has 1 amide bonds. The van der Waals surface area contributed by atoms with E-state index in [0.717, 1.165) is 29.7 Å². The highest BCUT2D eigenvalue weighted by Gasteiger charge is 2.22. The maximum absolute atomic E-state index is 12.1. The summed E-state index contributed by atoms with van der Waals surface area (Å²) in [4.78, 5) is 24.6. The molecule has 2 aromatic rings. The SMILES string of the molecule is O=C(COc1ccccc1Cl)Nc1sc2c(c1C(=O)[O-])CCCC2. The molecule has 0 atom stereocenters. The van der Waals surface area contributed by atoms with Gasteiger partial charge in [-0.05, 0) is 43.4 Å². The third kappa shape index (κ3) is 3.55. The highest BCUT2D eigenvalue weighted by Crippen LogP contribution is 2.37. The molecule has 7 heteroatoms. The van der Waals surface area contributed by atoms with Gasteiger partial charge >= 0.3 is 0 Å². The molecule has 1 N–H and O–H groups in total. The number of carboxylic acids is 1. The fourth-order valence-corrected chi connectivity index (χ4v) is 4.22. The van der Waals surface area contributed by atoms with Crippen molar-refractivity contribution in [3.8, 4) is 5.75 Å². The van der Waals surface area contributed by atoms with Gasteiger partial charge in [0, 0.05) is 10.4 Å². The van der Waals surface area contributed by atoms with Crippen molar-refractivity contribution < 1.29 is 19.4 Å². The van der Waals surface area contributed by atoms with Crippen LogP contribution in [0.1, 0.15) is 33.6 Å². The number of aryl methyl sites for hydroxylation is 1. The minimum absolute atomic E-state index is 0.112. The molecule has 24 heavy (non-hydrogen) atoms. The number of fused-ring (bicyclic) bond motifs is 1. The number of halogens is 1. The molecule has 1 aromatic heterocycles. The van der Waals surface area contributed by atoms with Crippen LogP contribution in [0.3, 0.4) is 0 Å². The van der Waals surface area contributed by atoms with Crippen molar-refractivity contribution in [2.45, 2.75) is 25.7 Å². The van der Waals surface area contributed by atoms with Gasteiger partial charge in [-0.25, -0.2) is 0 Å². The first-order chi connectivity index (χ1) is 11.6. The predicted octanol–water partition coefficient (Wildman–Crippen LogP) is 2.66. The fraction of sp³-hybridized carbons (Fsp3) is 0.294. The van der Waals surface area contributed by atoms with Crippen molar-refractivity contribution in [3.05, 3.63) is 45.3 Å². The van der Waals surface area contributed by atoms with Crippen LogP contribution in [0.4, 0.5) is 5.00 Å². The lowest BCUT2D eigenvalue weighted by Crippen LogP contribution is -2.26. The van der Waals surface area contributed by atoms with Crippen molar-refractivity contribution in [1.29, 1.82) is 0 Å². The van der Waals surface area contributed by atoms with E-state index in [9.17, 15) is 14.7 Å². The molecule has 126 valence electrons. The maximum Gasteiger partial charge on any atom is 0.262 e. The quantitative estimate of drug-likeness (QED) is 0.884. The number of hydrogen-bond donors (Lipinski definition) is 1. The van der Waals surface area contributed by atoms with E-state index in [0.29, 0.717) is 22.2 Å². The highest BCUT2D eigenvalue weighted by atomic mass is 35.5. The van der Waals surface area contributed by atoms with Crippen LogP contribution in [-0.2, 0) is 17.6 Å².